The first-order valence-corrected chi connectivity index (χ1v) is 4.76. The first kappa shape index (κ1) is 9.08. The smallest absolute Gasteiger partial charge is 0.107 e. The zero-order valence-electron chi connectivity index (χ0n) is 7.56. The highest BCUT2D eigenvalue weighted by Gasteiger charge is 2.12. The highest BCUT2D eigenvalue weighted by atomic mass is 32.1. The molecule has 0 aromatic carbocycles. The lowest BCUT2D eigenvalue weighted by molar-refractivity contribution is 1.12. The van der Waals surface area contributed by atoms with Gasteiger partial charge in [-0.3, -0.25) is 0 Å². The molecule has 0 saturated carbocycles. The highest BCUT2D eigenvalue weighted by Crippen LogP contribution is 2.31. The Labute approximate surface area is 76.8 Å². The summed E-state index contributed by atoms with van der Waals surface area (Å²) in [5.41, 5.74) is 2.01. The lowest BCUT2D eigenvalue weighted by Crippen LogP contribution is -1.89. The first-order valence-electron chi connectivity index (χ1n) is 3.94. The Balaban J connectivity index is 3.28. The van der Waals surface area contributed by atoms with Crippen molar-refractivity contribution >= 4 is 16.3 Å². The zero-order valence-corrected chi connectivity index (χ0v) is 8.38. The molecule has 1 aromatic heterocycles. The molecule has 1 rings (SSSR count). The van der Waals surface area contributed by atoms with Crippen LogP contribution in [-0.4, -0.2) is 7.05 Å². The maximum absolute atomic E-state index is 8.89. The molecule has 0 aliphatic heterocycles. The molecule has 3 heteroatoms. The molecule has 1 heterocycles. The molecular formula is C9H12N2S. The second-order valence-electron chi connectivity index (χ2n) is 2.56. The fraction of sp³-hybridized carbons (Fsp3) is 0.444. The molecule has 0 bridgehead atoms. The second kappa shape index (κ2) is 3.59. The van der Waals surface area contributed by atoms with Crippen molar-refractivity contribution in [1.82, 2.24) is 0 Å². The van der Waals surface area contributed by atoms with E-state index < -0.39 is 0 Å². The molecular weight excluding hydrogens is 168 g/mol. The number of anilines is 1. The fourth-order valence-electron chi connectivity index (χ4n) is 1.30. The van der Waals surface area contributed by atoms with Gasteiger partial charge in [-0.2, -0.15) is 5.26 Å². The van der Waals surface area contributed by atoms with Crippen molar-refractivity contribution in [3.05, 3.63) is 16.0 Å². The standard InChI is InChI=1S/C9H12N2S/c1-4-7-6(2)12-9(11-3)8(7)5-10/h11H,4H2,1-3H3. The van der Waals surface area contributed by atoms with Crippen LogP contribution >= 0.6 is 11.3 Å². The largest absolute Gasteiger partial charge is 0.379 e. The lowest BCUT2D eigenvalue weighted by atomic mass is 10.1. The summed E-state index contributed by atoms with van der Waals surface area (Å²) < 4.78 is 0. The SMILES string of the molecule is CCc1c(C)sc(NC)c1C#N. The Morgan fingerprint density at radius 3 is 2.67 bits per heavy atom. The minimum atomic E-state index is 0.822. The third kappa shape index (κ3) is 1.30. The molecule has 1 aromatic rings. The van der Waals surface area contributed by atoms with Crippen molar-refractivity contribution in [2.45, 2.75) is 20.3 Å². The van der Waals surface area contributed by atoms with Gasteiger partial charge >= 0.3 is 0 Å². The Morgan fingerprint density at radius 1 is 1.58 bits per heavy atom. The minimum Gasteiger partial charge on any atom is -0.379 e. The van der Waals surface area contributed by atoms with Gasteiger partial charge in [0.2, 0.25) is 0 Å². The molecule has 0 aliphatic rings. The maximum atomic E-state index is 8.89. The van der Waals surface area contributed by atoms with Crippen LogP contribution < -0.4 is 5.32 Å². The topological polar surface area (TPSA) is 35.8 Å². The average molecular weight is 180 g/mol. The van der Waals surface area contributed by atoms with Gasteiger partial charge in [-0.25, -0.2) is 0 Å². The van der Waals surface area contributed by atoms with Gasteiger partial charge in [0.25, 0.3) is 0 Å². The molecule has 0 saturated heterocycles. The van der Waals surface area contributed by atoms with Gasteiger partial charge in [0.05, 0.1) is 5.56 Å². The molecule has 12 heavy (non-hydrogen) atoms. The summed E-state index contributed by atoms with van der Waals surface area (Å²) >= 11 is 1.66. The number of nitrogens with zero attached hydrogens (tertiary/aromatic N) is 1. The van der Waals surface area contributed by atoms with Crippen LogP contribution in [0.1, 0.15) is 22.9 Å². The van der Waals surface area contributed by atoms with E-state index in [1.165, 1.54) is 10.4 Å². The quantitative estimate of drug-likeness (QED) is 0.759. The molecule has 1 N–H and O–H groups in total. The van der Waals surface area contributed by atoms with Gasteiger partial charge in [0.1, 0.15) is 11.1 Å². The third-order valence-corrected chi connectivity index (χ3v) is 3.07. The summed E-state index contributed by atoms with van der Waals surface area (Å²) in [6.07, 6.45) is 0.937. The predicted molar refractivity (Wildman–Crippen MR) is 52.7 cm³/mol. The fourth-order valence-corrected chi connectivity index (χ4v) is 2.35. The van der Waals surface area contributed by atoms with Crippen molar-refractivity contribution in [2.24, 2.45) is 0 Å². The minimum absolute atomic E-state index is 0.822. The molecule has 0 amide bonds. The van der Waals surface area contributed by atoms with Gasteiger partial charge in [0, 0.05) is 11.9 Å². The second-order valence-corrected chi connectivity index (χ2v) is 3.78. The first-order chi connectivity index (χ1) is 5.74. The number of hydrogen-bond donors (Lipinski definition) is 1. The van der Waals surface area contributed by atoms with Crippen molar-refractivity contribution in [3.63, 3.8) is 0 Å². The monoisotopic (exact) mass is 180 g/mol. The van der Waals surface area contributed by atoms with E-state index in [-0.39, 0.29) is 0 Å². The number of nitriles is 1. The van der Waals surface area contributed by atoms with E-state index in [1.54, 1.807) is 11.3 Å². The van der Waals surface area contributed by atoms with E-state index in [4.69, 9.17) is 5.26 Å². The summed E-state index contributed by atoms with van der Waals surface area (Å²) in [6, 6.07) is 2.23. The normalized spacial score (nSPS) is 9.50. The number of rotatable bonds is 2. The summed E-state index contributed by atoms with van der Waals surface area (Å²) in [4.78, 5) is 1.25. The number of aryl methyl sites for hydroxylation is 1. The molecule has 0 atom stereocenters. The number of hydrogen-bond acceptors (Lipinski definition) is 3. The molecule has 2 nitrogen and oxygen atoms in total. The Bertz CT molecular complexity index is 320. The van der Waals surface area contributed by atoms with Gasteiger partial charge in [-0.1, -0.05) is 6.92 Å². The molecule has 64 valence electrons. The van der Waals surface area contributed by atoms with E-state index in [1.807, 2.05) is 7.05 Å². The van der Waals surface area contributed by atoms with Crippen molar-refractivity contribution < 1.29 is 0 Å². The molecule has 0 fully saturated rings. The van der Waals surface area contributed by atoms with Gasteiger partial charge in [-0.15, -0.1) is 11.3 Å². The summed E-state index contributed by atoms with van der Waals surface area (Å²) in [5.74, 6) is 0. The molecule has 0 unspecified atom stereocenters. The van der Waals surface area contributed by atoms with E-state index >= 15 is 0 Å². The highest BCUT2D eigenvalue weighted by molar-refractivity contribution is 7.16. The number of nitrogens with one attached hydrogen (secondary N) is 1. The van der Waals surface area contributed by atoms with Crippen LogP contribution in [0.2, 0.25) is 0 Å². The van der Waals surface area contributed by atoms with E-state index in [0.29, 0.717) is 0 Å². The number of thiophene rings is 1. The molecule has 0 radical (unpaired) electrons. The van der Waals surface area contributed by atoms with Crippen LogP contribution in [0.15, 0.2) is 0 Å². The van der Waals surface area contributed by atoms with Crippen molar-refractivity contribution in [3.8, 4) is 6.07 Å². The van der Waals surface area contributed by atoms with Crippen LogP contribution in [0, 0.1) is 18.3 Å². The average Bonchev–Trinajstić information content (AvgIpc) is 2.40. The maximum Gasteiger partial charge on any atom is 0.107 e. The van der Waals surface area contributed by atoms with Gasteiger partial charge < -0.3 is 5.32 Å². The van der Waals surface area contributed by atoms with Crippen molar-refractivity contribution in [2.75, 3.05) is 12.4 Å². The lowest BCUT2D eigenvalue weighted by Gasteiger charge is -1.95. The predicted octanol–water partition coefficient (Wildman–Crippen LogP) is 2.53. The summed E-state index contributed by atoms with van der Waals surface area (Å²) in [7, 11) is 1.85. The van der Waals surface area contributed by atoms with Crippen LogP contribution in [0.5, 0.6) is 0 Å². The molecule has 0 aliphatic carbocycles. The van der Waals surface area contributed by atoms with Crippen LogP contribution in [0.25, 0.3) is 0 Å². The van der Waals surface area contributed by atoms with Crippen LogP contribution in [0.3, 0.4) is 0 Å². The summed E-state index contributed by atoms with van der Waals surface area (Å²) in [6.45, 7) is 4.14. The van der Waals surface area contributed by atoms with Crippen LogP contribution in [0.4, 0.5) is 5.00 Å². The van der Waals surface area contributed by atoms with E-state index in [9.17, 15) is 0 Å². The summed E-state index contributed by atoms with van der Waals surface area (Å²) in [5, 5.41) is 12.9. The third-order valence-electron chi connectivity index (χ3n) is 1.90. The van der Waals surface area contributed by atoms with E-state index in [2.05, 4.69) is 25.2 Å². The Kier molecular flexibility index (Phi) is 2.72. The van der Waals surface area contributed by atoms with Gasteiger partial charge in [-0.05, 0) is 18.9 Å². The Morgan fingerprint density at radius 2 is 2.25 bits per heavy atom. The Hall–Kier alpha value is -1.01. The van der Waals surface area contributed by atoms with Crippen molar-refractivity contribution in [1.29, 1.82) is 5.26 Å². The van der Waals surface area contributed by atoms with E-state index in [0.717, 1.165) is 17.0 Å². The van der Waals surface area contributed by atoms with Crippen LogP contribution in [-0.2, 0) is 6.42 Å². The molecule has 0 spiro atoms. The van der Waals surface area contributed by atoms with Gasteiger partial charge in [0.15, 0.2) is 0 Å². The zero-order chi connectivity index (χ0) is 9.14.